The van der Waals surface area contributed by atoms with E-state index >= 15 is 0 Å². The second-order valence-corrected chi connectivity index (χ2v) is 6.44. The molecule has 5 nitrogen and oxygen atoms in total. The Balaban J connectivity index is 1.91. The van der Waals surface area contributed by atoms with Crippen molar-refractivity contribution in [3.63, 3.8) is 0 Å². The number of hydrogen-bond donors (Lipinski definition) is 2. The zero-order valence-electron chi connectivity index (χ0n) is 12.2. The van der Waals surface area contributed by atoms with Gasteiger partial charge in [0.25, 0.3) is 5.91 Å². The monoisotopic (exact) mass is 311 g/mol. The second-order valence-electron chi connectivity index (χ2n) is 5.30. The number of aryl methyl sites for hydroxylation is 1. The summed E-state index contributed by atoms with van der Waals surface area (Å²) in [6, 6.07) is 1.98. The molecular formula is C15H21NO4S. The summed E-state index contributed by atoms with van der Waals surface area (Å²) in [4.78, 5) is 24.1. The van der Waals surface area contributed by atoms with Crippen LogP contribution in [-0.2, 0) is 11.2 Å². The van der Waals surface area contributed by atoms with Gasteiger partial charge in [0, 0.05) is 10.9 Å². The quantitative estimate of drug-likeness (QED) is 0.812. The average Bonchev–Trinajstić information content (AvgIpc) is 3.06. The van der Waals surface area contributed by atoms with Crippen molar-refractivity contribution in [3.8, 4) is 5.75 Å². The molecule has 2 N–H and O–H groups in total. The molecule has 1 heterocycles. The molecule has 21 heavy (non-hydrogen) atoms. The number of carbonyl (C=O) groups is 2. The highest BCUT2D eigenvalue weighted by atomic mass is 32.1. The van der Waals surface area contributed by atoms with E-state index in [0.29, 0.717) is 5.75 Å². The third-order valence-electron chi connectivity index (χ3n) is 3.52. The van der Waals surface area contributed by atoms with Gasteiger partial charge in [-0.15, -0.1) is 11.3 Å². The van der Waals surface area contributed by atoms with Crippen molar-refractivity contribution in [2.45, 2.75) is 51.5 Å². The van der Waals surface area contributed by atoms with Crippen LogP contribution in [0.2, 0.25) is 0 Å². The lowest BCUT2D eigenvalue weighted by molar-refractivity contribution is -0.123. The maximum Gasteiger partial charge on any atom is 0.349 e. The molecule has 1 saturated carbocycles. The van der Waals surface area contributed by atoms with E-state index in [1.807, 2.05) is 6.92 Å². The largest absolute Gasteiger partial charge is 0.482 e. The van der Waals surface area contributed by atoms with E-state index in [1.54, 1.807) is 6.07 Å². The molecule has 1 aromatic heterocycles. The molecule has 0 atom stereocenters. The van der Waals surface area contributed by atoms with Crippen molar-refractivity contribution >= 4 is 23.2 Å². The minimum atomic E-state index is -1.01. The number of amides is 1. The van der Waals surface area contributed by atoms with Gasteiger partial charge in [0.2, 0.25) is 0 Å². The van der Waals surface area contributed by atoms with Gasteiger partial charge in [-0.1, -0.05) is 26.2 Å². The Hall–Kier alpha value is -1.56. The Morgan fingerprint density at radius 2 is 2.14 bits per heavy atom. The van der Waals surface area contributed by atoms with Crippen LogP contribution in [0.4, 0.5) is 0 Å². The number of rotatable bonds is 7. The number of ether oxygens (including phenoxy) is 1. The van der Waals surface area contributed by atoms with E-state index in [2.05, 4.69) is 5.32 Å². The Morgan fingerprint density at radius 1 is 1.43 bits per heavy atom. The molecule has 1 fully saturated rings. The van der Waals surface area contributed by atoms with Crippen molar-refractivity contribution in [3.05, 3.63) is 15.8 Å². The second kappa shape index (κ2) is 7.45. The van der Waals surface area contributed by atoms with Crippen molar-refractivity contribution in [2.24, 2.45) is 0 Å². The molecule has 0 aromatic carbocycles. The minimum absolute atomic E-state index is 0.126. The van der Waals surface area contributed by atoms with E-state index in [9.17, 15) is 14.7 Å². The molecule has 0 aliphatic heterocycles. The Morgan fingerprint density at radius 3 is 2.76 bits per heavy atom. The molecule has 0 radical (unpaired) electrons. The number of hydrogen-bond acceptors (Lipinski definition) is 4. The van der Waals surface area contributed by atoms with Crippen LogP contribution in [0.1, 0.15) is 53.6 Å². The zero-order chi connectivity index (χ0) is 15.2. The molecule has 1 amide bonds. The zero-order valence-corrected chi connectivity index (χ0v) is 13.0. The summed E-state index contributed by atoms with van der Waals surface area (Å²) in [6.45, 7) is 1.91. The van der Waals surface area contributed by atoms with E-state index in [0.717, 1.165) is 43.4 Å². The molecule has 1 aliphatic rings. The standard InChI is InChI=1S/C15H21NO4S/c1-2-5-11-8-12(14(21-11)15(18)19)20-9-13(17)16-10-6-3-4-7-10/h8,10H,2-7,9H2,1H3,(H,16,17)(H,18,19). The fourth-order valence-electron chi connectivity index (χ4n) is 2.53. The maximum absolute atomic E-state index is 11.8. The molecule has 0 spiro atoms. The number of carbonyl (C=O) groups excluding carboxylic acids is 1. The van der Waals surface area contributed by atoms with Crippen molar-refractivity contribution < 1.29 is 19.4 Å². The first-order chi connectivity index (χ1) is 10.1. The first-order valence-electron chi connectivity index (χ1n) is 7.38. The number of carboxylic acids is 1. The fraction of sp³-hybridized carbons (Fsp3) is 0.600. The molecule has 0 bridgehead atoms. The molecule has 2 rings (SSSR count). The third-order valence-corrected chi connectivity index (χ3v) is 4.68. The van der Waals surface area contributed by atoms with Gasteiger partial charge >= 0.3 is 5.97 Å². The summed E-state index contributed by atoms with van der Waals surface area (Å²) >= 11 is 1.22. The normalized spacial score (nSPS) is 15.1. The predicted octanol–water partition coefficient (Wildman–Crippen LogP) is 2.84. The number of nitrogens with one attached hydrogen (secondary N) is 1. The lowest BCUT2D eigenvalue weighted by Gasteiger charge is -2.12. The van der Waals surface area contributed by atoms with Crippen molar-refractivity contribution in [2.75, 3.05) is 6.61 Å². The summed E-state index contributed by atoms with van der Waals surface area (Å²) in [5.41, 5.74) is 0. The number of thiophene rings is 1. The van der Waals surface area contributed by atoms with Gasteiger partial charge in [0.05, 0.1) is 0 Å². The van der Waals surface area contributed by atoms with Gasteiger partial charge < -0.3 is 15.2 Å². The van der Waals surface area contributed by atoms with Crippen molar-refractivity contribution in [1.29, 1.82) is 0 Å². The van der Waals surface area contributed by atoms with Crippen LogP contribution in [0.5, 0.6) is 5.75 Å². The number of carboxylic acid groups (broad SMARTS) is 1. The smallest absolute Gasteiger partial charge is 0.349 e. The average molecular weight is 311 g/mol. The molecule has 1 aliphatic carbocycles. The Labute approximate surface area is 128 Å². The van der Waals surface area contributed by atoms with E-state index in [1.165, 1.54) is 11.3 Å². The summed E-state index contributed by atoms with van der Waals surface area (Å²) in [5.74, 6) is -0.882. The molecule has 116 valence electrons. The van der Waals surface area contributed by atoms with Crippen LogP contribution in [0.25, 0.3) is 0 Å². The van der Waals surface area contributed by atoms with Gasteiger partial charge in [-0.2, -0.15) is 0 Å². The van der Waals surface area contributed by atoms with Crippen LogP contribution < -0.4 is 10.1 Å². The lowest BCUT2D eigenvalue weighted by Crippen LogP contribution is -2.36. The maximum atomic E-state index is 11.8. The van der Waals surface area contributed by atoms with Crippen LogP contribution in [0, 0.1) is 0 Å². The van der Waals surface area contributed by atoms with E-state index in [4.69, 9.17) is 4.74 Å². The van der Waals surface area contributed by atoms with Crippen LogP contribution in [-0.4, -0.2) is 29.6 Å². The topological polar surface area (TPSA) is 75.6 Å². The number of aromatic carboxylic acids is 1. The molecule has 1 aromatic rings. The minimum Gasteiger partial charge on any atom is -0.482 e. The molecule has 0 unspecified atom stereocenters. The molecular weight excluding hydrogens is 290 g/mol. The first-order valence-corrected chi connectivity index (χ1v) is 8.20. The van der Waals surface area contributed by atoms with E-state index in [-0.39, 0.29) is 23.4 Å². The third kappa shape index (κ3) is 4.46. The van der Waals surface area contributed by atoms with Gasteiger partial charge in [0.1, 0.15) is 5.75 Å². The molecule has 6 heteroatoms. The first kappa shape index (κ1) is 15.8. The predicted molar refractivity (Wildman–Crippen MR) is 81.2 cm³/mol. The Kier molecular flexibility index (Phi) is 5.61. The lowest BCUT2D eigenvalue weighted by atomic mass is 10.2. The van der Waals surface area contributed by atoms with Gasteiger partial charge in [-0.3, -0.25) is 4.79 Å². The highest BCUT2D eigenvalue weighted by Crippen LogP contribution is 2.30. The van der Waals surface area contributed by atoms with Gasteiger partial charge in [-0.05, 0) is 25.3 Å². The summed E-state index contributed by atoms with van der Waals surface area (Å²) in [6.07, 6.45) is 6.11. The highest BCUT2D eigenvalue weighted by molar-refractivity contribution is 7.14. The summed E-state index contributed by atoms with van der Waals surface area (Å²) < 4.78 is 5.42. The summed E-state index contributed by atoms with van der Waals surface area (Å²) in [7, 11) is 0. The van der Waals surface area contributed by atoms with Gasteiger partial charge in [0.15, 0.2) is 11.5 Å². The van der Waals surface area contributed by atoms with Crippen LogP contribution in [0.15, 0.2) is 6.07 Å². The van der Waals surface area contributed by atoms with Crippen molar-refractivity contribution in [1.82, 2.24) is 5.32 Å². The van der Waals surface area contributed by atoms with Gasteiger partial charge in [-0.25, -0.2) is 4.79 Å². The van der Waals surface area contributed by atoms with Crippen LogP contribution >= 0.6 is 11.3 Å². The molecule has 0 saturated heterocycles. The SMILES string of the molecule is CCCc1cc(OCC(=O)NC2CCCC2)c(C(=O)O)s1. The Bertz CT molecular complexity index is 506. The summed E-state index contributed by atoms with van der Waals surface area (Å²) in [5, 5.41) is 12.1. The fourth-order valence-corrected chi connectivity index (χ4v) is 3.57. The highest BCUT2D eigenvalue weighted by Gasteiger charge is 2.20. The van der Waals surface area contributed by atoms with Crippen LogP contribution in [0.3, 0.4) is 0 Å². The van der Waals surface area contributed by atoms with E-state index < -0.39 is 5.97 Å².